The summed E-state index contributed by atoms with van der Waals surface area (Å²) in [5.41, 5.74) is 1.75. The van der Waals surface area contributed by atoms with Gasteiger partial charge in [-0.2, -0.15) is 0 Å². The van der Waals surface area contributed by atoms with E-state index in [9.17, 15) is 4.79 Å². The second kappa shape index (κ2) is 4.87. The van der Waals surface area contributed by atoms with Crippen molar-refractivity contribution in [2.45, 2.75) is 33.2 Å². The molecular weight excluding hydrogens is 218 g/mol. The van der Waals surface area contributed by atoms with Crippen molar-refractivity contribution in [2.24, 2.45) is 0 Å². The van der Waals surface area contributed by atoms with Crippen LogP contribution in [-0.2, 0) is 11.2 Å². The molecule has 1 saturated heterocycles. The maximum atomic E-state index is 12.2. The molecule has 17 heavy (non-hydrogen) atoms. The fourth-order valence-corrected chi connectivity index (χ4v) is 2.22. The van der Waals surface area contributed by atoms with E-state index < -0.39 is 0 Å². The molecule has 2 heterocycles. The monoisotopic (exact) mass is 237 g/mol. The number of amides is 1. The predicted molar refractivity (Wildman–Crippen MR) is 63.7 cm³/mol. The summed E-state index contributed by atoms with van der Waals surface area (Å²) >= 11 is 0. The van der Waals surface area contributed by atoms with Crippen LogP contribution in [-0.4, -0.2) is 41.6 Å². The lowest BCUT2D eigenvalue weighted by Crippen LogP contribution is -2.52. The zero-order valence-corrected chi connectivity index (χ0v) is 10.6. The second-order valence-corrected chi connectivity index (χ2v) is 4.62. The zero-order chi connectivity index (χ0) is 12.4. The first-order chi connectivity index (χ1) is 8.09. The van der Waals surface area contributed by atoms with Crippen LogP contribution in [0.5, 0.6) is 0 Å². The molecule has 0 aliphatic carbocycles. The number of hydrogen-bond acceptors (Lipinski definition) is 4. The van der Waals surface area contributed by atoms with Crippen molar-refractivity contribution in [1.29, 1.82) is 0 Å². The normalized spacial score (nSPS) is 20.6. The lowest BCUT2D eigenvalue weighted by Gasteiger charge is -2.34. The Bertz CT molecular complexity index is 394. The molecule has 1 aromatic heterocycles. The molecule has 1 fully saturated rings. The van der Waals surface area contributed by atoms with Gasteiger partial charge in [-0.25, -0.2) is 0 Å². The molecule has 1 aromatic rings. The van der Waals surface area contributed by atoms with Gasteiger partial charge in [0.15, 0.2) is 0 Å². The number of rotatable bonds is 2. The number of carbonyl (C=O) groups is 1. The van der Waals surface area contributed by atoms with E-state index in [0.717, 1.165) is 36.7 Å². The summed E-state index contributed by atoms with van der Waals surface area (Å²) < 4.78 is 5.08. The maximum absolute atomic E-state index is 12.2. The highest BCUT2D eigenvalue weighted by Gasteiger charge is 2.24. The van der Waals surface area contributed by atoms with E-state index in [1.54, 1.807) is 0 Å². The van der Waals surface area contributed by atoms with Crippen LogP contribution in [0.15, 0.2) is 4.52 Å². The molecule has 1 aliphatic heterocycles. The van der Waals surface area contributed by atoms with Gasteiger partial charge in [-0.15, -0.1) is 0 Å². The van der Waals surface area contributed by atoms with Gasteiger partial charge < -0.3 is 14.7 Å². The lowest BCUT2D eigenvalue weighted by molar-refractivity contribution is -0.133. The van der Waals surface area contributed by atoms with E-state index in [1.165, 1.54) is 0 Å². The van der Waals surface area contributed by atoms with Gasteiger partial charge >= 0.3 is 0 Å². The minimum absolute atomic E-state index is 0.161. The quantitative estimate of drug-likeness (QED) is 0.820. The van der Waals surface area contributed by atoms with Gasteiger partial charge in [0.05, 0.1) is 12.1 Å². The summed E-state index contributed by atoms with van der Waals surface area (Å²) in [5, 5.41) is 7.15. The van der Waals surface area contributed by atoms with E-state index >= 15 is 0 Å². The highest BCUT2D eigenvalue weighted by Crippen LogP contribution is 2.15. The summed E-state index contributed by atoms with van der Waals surface area (Å²) in [5.74, 6) is 0.909. The second-order valence-electron chi connectivity index (χ2n) is 4.62. The van der Waals surface area contributed by atoms with Gasteiger partial charge in [-0.05, 0) is 20.8 Å². The van der Waals surface area contributed by atoms with Gasteiger partial charge in [0.25, 0.3) is 0 Å². The topological polar surface area (TPSA) is 58.4 Å². The molecule has 94 valence electrons. The summed E-state index contributed by atoms with van der Waals surface area (Å²) in [6, 6.07) is 0.261. The Morgan fingerprint density at radius 1 is 1.59 bits per heavy atom. The van der Waals surface area contributed by atoms with E-state index in [-0.39, 0.29) is 11.9 Å². The smallest absolute Gasteiger partial charge is 0.227 e. The molecule has 1 N–H and O–H groups in total. The van der Waals surface area contributed by atoms with Gasteiger partial charge in [-0.3, -0.25) is 4.79 Å². The molecule has 0 spiro atoms. The zero-order valence-electron chi connectivity index (χ0n) is 10.6. The van der Waals surface area contributed by atoms with Crippen LogP contribution in [0, 0.1) is 13.8 Å². The van der Waals surface area contributed by atoms with Crippen molar-refractivity contribution in [3.63, 3.8) is 0 Å². The van der Waals surface area contributed by atoms with Crippen molar-refractivity contribution in [3.8, 4) is 0 Å². The number of nitrogens with zero attached hydrogens (tertiary/aromatic N) is 2. The summed E-state index contributed by atoms with van der Waals surface area (Å²) in [6.07, 6.45) is 0.394. The first kappa shape index (κ1) is 12.1. The van der Waals surface area contributed by atoms with E-state index in [4.69, 9.17) is 4.52 Å². The number of carbonyl (C=O) groups excluding carboxylic acids is 1. The highest BCUT2D eigenvalue weighted by molar-refractivity contribution is 5.79. The minimum atomic E-state index is 0.161. The Labute approximate surface area is 101 Å². The third kappa shape index (κ3) is 2.49. The molecule has 5 heteroatoms. The molecule has 1 aliphatic rings. The van der Waals surface area contributed by atoms with Gasteiger partial charge in [0, 0.05) is 31.2 Å². The fraction of sp³-hybridized carbons (Fsp3) is 0.667. The van der Waals surface area contributed by atoms with Crippen molar-refractivity contribution >= 4 is 5.91 Å². The molecule has 0 saturated carbocycles. The van der Waals surface area contributed by atoms with Crippen LogP contribution in [0.25, 0.3) is 0 Å². The first-order valence-corrected chi connectivity index (χ1v) is 6.01. The van der Waals surface area contributed by atoms with Crippen molar-refractivity contribution < 1.29 is 9.32 Å². The maximum Gasteiger partial charge on any atom is 0.227 e. The molecule has 1 amide bonds. The van der Waals surface area contributed by atoms with E-state index in [0.29, 0.717) is 6.42 Å². The number of aromatic nitrogens is 1. The van der Waals surface area contributed by atoms with Crippen LogP contribution in [0.3, 0.4) is 0 Å². The third-order valence-corrected chi connectivity index (χ3v) is 3.33. The molecule has 5 nitrogen and oxygen atoms in total. The average Bonchev–Trinajstić information content (AvgIpc) is 2.61. The predicted octanol–water partition coefficient (Wildman–Crippen LogP) is 0.654. The molecule has 0 bridgehead atoms. The Morgan fingerprint density at radius 2 is 2.35 bits per heavy atom. The lowest BCUT2D eigenvalue weighted by atomic mass is 10.1. The summed E-state index contributed by atoms with van der Waals surface area (Å²) in [7, 11) is 0. The van der Waals surface area contributed by atoms with Gasteiger partial charge in [0.2, 0.25) is 5.91 Å². The van der Waals surface area contributed by atoms with Gasteiger partial charge in [0.1, 0.15) is 5.76 Å². The molecule has 0 aromatic carbocycles. The first-order valence-electron chi connectivity index (χ1n) is 6.01. The molecule has 0 radical (unpaired) electrons. The van der Waals surface area contributed by atoms with E-state index in [1.807, 2.05) is 18.7 Å². The number of aryl methyl sites for hydroxylation is 2. The molecule has 0 unspecified atom stereocenters. The summed E-state index contributed by atoms with van der Waals surface area (Å²) in [6.45, 7) is 8.32. The van der Waals surface area contributed by atoms with Crippen LogP contribution in [0.1, 0.15) is 23.9 Å². The molecular formula is C12H19N3O2. The minimum Gasteiger partial charge on any atom is -0.361 e. The molecule has 2 rings (SSSR count). The Morgan fingerprint density at radius 3 is 2.94 bits per heavy atom. The van der Waals surface area contributed by atoms with Crippen LogP contribution in [0.2, 0.25) is 0 Å². The fourth-order valence-electron chi connectivity index (χ4n) is 2.22. The van der Waals surface area contributed by atoms with Crippen LogP contribution >= 0.6 is 0 Å². The highest BCUT2D eigenvalue weighted by atomic mass is 16.5. The largest absolute Gasteiger partial charge is 0.361 e. The average molecular weight is 237 g/mol. The summed E-state index contributed by atoms with van der Waals surface area (Å²) in [4.78, 5) is 14.1. The van der Waals surface area contributed by atoms with Gasteiger partial charge in [-0.1, -0.05) is 5.16 Å². The van der Waals surface area contributed by atoms with Crippen molar-refractivity contribution in [2.75, 3.05) is 19.6 Å². The van der Waals surface area contributed by atoms with Crippen molar-refractivity contribution in [3.05, 3.63) is 17.0 Å². The molecule has 1 atom stereocenters. The Hall–Kier alpha value is -1.36. The Kier molecular flexibility index (Phi) is 3.47. The van der Waals surface area contributed by atoms with Crippen LogP contribution in [0.4, 0.5) is 0 Å². The standard InChI is InChI=1S/C12H19N3O2/c1-8-7-13-4-5-15(8)12(16)6-11-9(2)14-17-10(11)3/h8,13H,4-7H2,1-3H3/t8-/m1/s1. The number of piperazine rings is 1. The van der Waals surface area contributed by atoms with E-state index in [2.05, 4.69) is 17.4 Å². The Balaban J connectivity index is 2.06. The third-order valence-electron chi connectivity index (χ3n) is 3.33. The van der Waals surface area contributed by atoms with Crippen molar-refractivity contribution in [1.82, 2.24) is 15.4 Å². The number of nitrogens with one attached hydrogen (secondary N) is 1. The van der Waals surface area contributed by atoms with Crippen LogP contribution < -0.4 is 5.32 Å². The SMILES string of the molecule is Cc1noc(C)c1CC(=O)N1CCNC[C@H]1C. The number of hydrogen-bond donors (Lipinski definition) is 1.